The van der Waals surface area contributed by atoms with Crippen LogP contribution in [-0.4, -0.2) is 35.3 Å². The molecule has 0 fully saturated rings. The Balaban J connectivity index is 1.55. The molecule has 0 bridgehead atoms. The van der Waals surface area contributed by atoms with Crippen molar-refractivity contribution in [1.82, 2.24) is 15.6 Å². The second-order valence-corrected chi connectivity index (χ2v) is 5.69. The Bertz CT molecular complexity index is 792. The third kappa shape index (κ3) is 4.20. The van der Waals surface area contributed by atoms with E-state index in [0.717, 1.165) is 5.69 Å². The maximum atomic E-state index is 12.2. The van der Waals surface area contributed by atoms with Gasteiger partial charge in [-0.15, -0.1) is 0 Å². The molecular formula is C18H18N4O3. The molecule has 3 amide bonds. The number of hydrogen-bond acceptors (Lipinski definition) is 4. The Morgan fingerprint density at radius 1 is 1.12 bits per heavy atom. The molecule has 0 saturated heterocycles. The molecule has 7 heteroatoms. The molecule has 7 nitrogen and oxygen atoms in total. The molecule has 1 aromatic heterocycles. The fraction of sp³-hybridized carbons (Fsp3) is 0.222. The Morgan fingerprint density at radius 3 is 2.72 bits per heavy atom. The zero-order valence-electron chi connectivity index (χ0n) is 13.5. The van der Waals surface area contributed by atoms with Crippen LogP contribution < -0.4 is 16.0 Å². The van der Waals surface area contributed by atoms with Crippen molar-refractivity contribution >= 4 is 23.4 Å². The molecule has 2 aromatic rings. The monoisotopic (exact) mass is 338 g/mol. The second kappa shape index (κ2) is 7.57. The third-order valence-corrected chi connectivity index (χ3v) is 3.87. The number of carbonyl (C=O) groups excluding carboxylic acids is 3. The van der Waals surface area contributed by atoms with Crippen LogP contribution in [0, 0.1) is 0 Å². The summed E-state index contributed by atoms with van der Waals surface area (Å²) in [6, 6.07) is 11.4. The van der Waals surface area contributed by atoms with Crippen molar-refractivity contribution in [3.8, 4) is 0 Å². The summed E-state index contributed by atoms with van der Waals surface area (Å²) in [5.41, 5.74) is 1.70. The SMILES string of the molecule is O=C(C[C@H]1NC(=O)c2ccccc2NC1=O)NCCc1ccccn1. The molecule has 25 heavy (non-hydrogen) atoms. The smallest absolute Gasteiger partial charge is 0.254 e. The minimum Gasteiger partial charge on any atom is -0.356 e. The lowest BCUT2D eigenvalue weighted by atomic mass is 10.1. The van der Waals surface area contributed by atoms with E-state index >= 15 is 0 Å². The molecule has 0 spiro atoms. The highest BCUT2D eigenvalue weighted by Gasteiger charge is 2.29. The summed E-state index contributed by atoms with van der Waals surface area (Å²) in [6.07, 6.45) is 2.18. The standard InChI is InChI=1S/C18H18N4O3/c23-16(20-10-8-12-5-3-4-9-19-12)11-15-18(25)21-14-7-2-1-6-13(14)17(24)22-15/h1-7,9,15H,8,10-11H2,(H,20,23)(H,21,25)(H,22,24)/t15-/m1/s1. The van der Waals surface area contributed by atoms with Gasteiger partial charge in [-0.05, 0) is 24.3 Å². The van der Waals surface area contributed by atoms with Crippen LogP contribution in [0.2, 0.25) is 0 Å². The van der Waals surface area contributed by atoms with Gasteiger partial charge in [-0.3, -0.25) is 19.4 Å². The molecule has 0 saturated carbocycles. The van der Waals surface area contributed by atoms with Crippen LogP contribution in [0.15, 0.2) is 48.7 Å². The summed E-state index contributed by atoms with van der Waals surface area (Å²) in [5.74, 6) is -1.08. The summed E-state index contributed by atoms with van der Waals surface area (Å²) < 4.78 is 0. The number of pyridine rings is 1. The van der Waals surface area contributed by atoms with Gasteiger partial charge in [0, 0.05) is 24.9 Å². The summed E-state index contributed by atoms with van der Waals surface area (Å²) in [7, 11) is 0. The molecule has 3 rings (SSSR count). The van der Waals surface area contributed by atoms with Gasteiger partial charge in [-0.25, -0.2) is 0 Å². The molecule has 0 aliphatic carbocycles. The topological polar surface area (TPSA) is 100 Å². The number of amides is 3. The van der Waals surface area contributed by atoms with Crippen LogP contribution in [0.1, 0.15) is 22.5 Å². The zero-order chi connectivity index (χ0) is 17.6. The van der Waals surface area contributed by atoms with E-state index in [2.05, 4.69) is 20.9 Å². The predicted molar refractivity (Wildman–Crippen MR) is 91.9 cm³/mol. The summed E-state index contributed by atoms with van der Waals surface area (Å²) in [6.45, 7) is 0.415. The number of anilines is 1. The quantitative estimate of drug-likeness (QED) is 0.753. The van der Waals surface area contributed by atoms with E-state index < -0.39 is 11.9 Å². The van der Waals surface area contributed by atoms with Crippen molar-refractivity contribution in [2.75, 3.05) is 11.9 Å². The predicted octanol–water partition coefficient (Wildman–Crippen LogP) is 0.881. The largest absolute Gasteiger partial charge is 0.356 e. The number of nitrogens with zero attached hydrogens (tertiary/aromatic N) is 1. The van der Waals surface area contributed by atoms with E-state index in [4.69, 9.17) is 0 Å². The summed E-state index contributed by atoms with van der Waals surface area (Å²) >= 11 is 0. The van der Waals surface area contributed by atoms with Crippen LogP contribution in [0.3, 0.4) is 0 Å². The zero-order valence-corrected chi connectivity index (χ0v) is 13.5. The highest BCUT2D eigenvalue weighted by Crippen LogP contribution is 2.18. The van der Waals surface area contributed by atoms with Crippen LogP contribution in [-0.2, 0) is 16.0 Å². The average molecular weight is 338 g/mol. The number of para-hydroxylation sites is 1. The maximum Gasteiger partial charge on any atom is 0.254 e. The van der Waals surface area contributed by atoms with Gasteiger partial charge in [0.2, 0.25) is 11.8 Å². The molecule has 1 aromatic carbocycles. The first kappa shape index (κ1) is 16.6. The number of hydrogen-bond donors (Lipinski definition) is 3. The van der Waals surface area contributed by atoms with Crippen molar-refractivity contribution in [2.24, 2.45) is 0 Å². The normalized spacial score (nSPS) is 16.2. The Labute approximate surface area is 144 Å². The highest BCUT2D eigenvalue weighted by molar-refractivity contribution is 6.10. The fourth-order valence-corrected chi connectivity index (χ4v) is 2.59. The molecular weight excluding hydrogens is 320 g/mol. The number of carbonyl (C=O) groups is 3. The van der Waals surface area contributed by atoms with Crippen molar-refractivity contribution in [3.05, 3.63) is 59.9 Å². The fourth-order valence-electron chi connectivity index (χ4n) is 2.59. The van der Waals surface area contributed by atoms with Crippen LogP contribution in [0.5, 0.6) is 0 Å². The van der Waals surface area contributed by atoms with Crippen LogP contribution >= 0.6 is 0 Å². The Kier molecular flexibility index (Phi) is 5.03. The van der Waals surface area contributed by atoms with E-state index in [1.165, 1.54) is 0 Å². The molecule has 128 valence electrons. The van der Waals surface area contributed by atoms with E-state index in [-0.39, 0.29) is 18.2 Å². The minimum atomic E-state index is -0.908. The third-order valence-electron chi connectivity index (χ3n) is 3.87. The Hall–Kier alpha value is -3.22. The first-order valence-electron chi connectivity index (χ1n) is 8.01. The van der Waals surface area contributed by atoms with Gasteiger partial charge in [0.05, 0.1) is 17.7 Å². The molecule has 1 atom stereocenters. The summed E-state index contributed by atoms with van der Waals surface area (Å²) in [5, 5.41) is 8.02. The molecule has 3 N–H and O–H groups in total. The van der Waals surface area contributed by atoms with Crippen molar-refractivity contribution in [1.29, 1.82) is 0 Å². The molecule has 1 aliphatic rings. The number of aromatic nitrogens is 1. The Morgan fingerprint density at radius 2 is 1.92 bits per heavy atom. The minimum absolute atomic E-state index is 0.117. The number of fused-ring (bicyclic) bond motifs is 1. The lowest BCUT2D eigenvalue weighted by molar-refractivity contribution is -0.125. The molecule has 1 aliphatic heterocycles. The van der Waals surface area contributed by atoms with Gasteiger partial charge in [-0.1, -0.05) is 18.2 Å². The van der Waals surface area contributed by atoms with Crippen molar-refractivity contribution in [3.63, 3.8) is 0 Å². The first-order valence-corrected chi connectivity index (χ1v) is 8.01. The average Bonchev–Trinajstić information content (AvgIpc) is 2.73. The van der Waals surface area contributed by atoms with E-state index in [0.29, 0.717) is 24.2 Å². The highest BCUT2D eigenvalue weighted by atomic mass is 16.2. The van der Waals surface area contributed by atoms with Gasteiger partial charge in [0.1, 0.15) is 6.04 Å². The van der Waals surface area contributed by atoms with E-state index in [9.17, 15) is 14.4 Å². The van der Waals surface area contributed by atoms with Crippen molar-refractivity contribution < 1.29 is 14.4 Å². The number of nitrogens with one attached hydrogen (secondary N) is 3. The number of rotatable bonds is 5. The first-order chi connectivity index (χ1) is 12.1. The van der Waals surface area contributed by atoms with Gasteiger partial charge in [0.25, 0.3) is 5.91 Å². The van der Waals surface area contributed by atoms with Gasteiger partial charge >= 0.3 is 0 Å². The molecule has 0 radical (unpaired) electrons. The molecule has 0 unspecified atom stereocenters. The van der Waals surface area contributed by atoms with E-state index in [1.807, 2.05) is 18.2 Å². The van der Waals surface area contributed by atoms with Gasteiger partial charge in [0.15, 0.2) is 0 Å². The van der Waals surface area contributed by atoms with Crippen LogP contribution in [0.4, 0.5) is 5.69 Å². The van der Waals surface area contributed by atoms with Crippen LogP contribution in [0.25, 0.3) is 0 Å². The van der Waals surface area contributed by atoms with Gasteiger partial charge in [-0.2, -0.15) is 0 Å². The van der Waals surface area contributed by atoms with E-state index in [1.54, 1.807) is 30.5 Å². The number of benzene rings is 1. The molecule has 2 heterocycles. The maximum absolute atomic E-state index is 12.2. The lowest BCUT2D eigenvalue weighted by Crippen LogP contribution is -2.44. The lowest BCUT2D eigenvalue weighted by Gasteiger charge is -2.14. The van der Waals surface area contributed by atoms with Crippen molar-refractivity contribution in [2.45, 2.75) is 18.9 Å². The second-order valence-electron chi connectivity index (χ2n) is 5.69. The van der Waals surface area contributed by atoms with Gasteiger partial charge < -0.3 is 16.0 Å². The summed E-state index contributed by atoms with van der Waals surface area (Å²) in [4.78, 5) is 40.7.